The molecular formula is C10H11NO. The molecule has 0 aromatic heterocycles. The molecule has 0 N–H and O–H groups in total. The Balaban J connectivity index is 2.60. The van der Waals surface area contributed by atoms with E-state index in [2.05, 4.69) is 4.85 Å². The molecule has 0 spiro atoms. The van der Waals surface area contributed by atoms with Crippen LogP contribution in [-0.2, 0) is 6.42 Å². The number of nitrogens with zero attached hydrogens (tertiary/aromatic N) is 1. The van der Waals surface area contributed by atoms with E-state index in [1.165, 1.54) is 5.56 Å². The second kappa shape index (κ2) is 4.40. The minimum Gasteiger partial charge on any atom is -0.497 e. The Kier molecular flexibility index (Phi) is 3.16. The van der Waals surface area contributed by atoms with Gasteiger partial charge < -0.3 is 9.58 Å². The maximum Gasteiger partial charge on any atom is 0.218 e. The smallest absolute Gasteiger partial charge is 0.218 e. The summed E-state index contributed by atoms with van der Waals surface area (Å²) in [7, 11) is 1.65. The maximum absolute atomic E-state index is 6.63. The van der Waals surface area contributed by atoms with E-state index in [1.807, 2.05) is 24.3 Å². The largest absolute Gasteiger partial charge is 0.497 e. The molecule has 0 amide bonds. The quantitative estimate of drug-likeness (QED) is 0.619. The Hall–Kier alpha value is -1.49. The lowest BCUT2D eigenvalue weighted by atomic mass is 10.1. The second-order valence-electron chi connectivity index (χ2n) is 2.48. The average Bonchev–Trinajstić information content (AvgIpc) is 2.15. The highest BCUT2D eigenvalue weighted by Gasteiger charge is 1.94. The summed E-state index contributed by atoms with van der Waals surface area (Å²) in [4.78, 5) is 3.29. The van der Waals surface area contributed by atoms with Crippen LogP contribution in [0.25, 0.3) is 4.85 Å². The molecule has 62 valence electrons. The van der Waals surface area contributed by atoms with Crippen molar-refractivity contribution in [3.8, 4) is 5.75 Å². The first kappa shape index (κ1) is 8.61. The molecule has 2 nitrogen and oxygen atoms in total. The van der Waals surface area contributed by atoms with Gasteiger partial charge in [-0.15, -0.1) is 0 Å². The van der Waals surface area contributed by atoms with Crippen LogP contribution in [0.5, 0.6) is 5.75 Å². The summed E-state index contributed by atoms with van der Waals surface area (Å²) in [6.45, 7) is 7.19. The van der Waals surface area contributed by atoms with Gasteiger partial charge in [0, 0.05) is 6.42 Å². The SMILES string of the molecule is [C-]#[N+]CCc1ccc(OC)cc1. The summed E-state index contributed by atoms with van der Waals surface area (Å²) in [5.41, 5.74) is 1.19. The predicted octanol–water partition coefficient (Wildman–Crippen LogP) is 2.16. The van der Waals surface area contributed by atoms with Gasteiger partial charge in [-0.05, 0) is 17.7 Å². The van der Waals surface area contributed by atoms with Crippen molar-refractivity contribution in [1.82, 2.24) is 0 Å². The van der Waals surface area contributed by atoms with Crippen molar-refractivity contribution in [3.05, 3.63) is 41.2 Å². The minimum absolute atomic E-state index is 0.562. The lowest BCUT2D eigenvalue weighted by molar-refractivity contribution is 0.414. The topological polar surface area (TPSA) is 13.6 Å². The predicted molar refractivity (Wildman–Crippen MR) is 48.2 cm³/mol. The number of benzene rings is 1. The first-order chi connectivity index (χ1) is 5.86. The monoisotopic (exact) mass is 161 g/mol. The molecule has 0 aliphatic carbocycles. The Morgan fingerprint density at radius 2 is 2.00 bits per heavy atom. The molecule has 1 aromatic carbocycles. The molecule has 1 aromatic rings. The summed E-state index contributed by atoms with van der Waals surface area (Å²) in [5, 5.41) is 0. The van der Waals surface area contributed by atoms with Crippen LogP contribution >= 0.6 is 0 Å². The van der Waals surface area contributed by atoms with Gasteiger partial charge in [-0.3, -0.25) is 0 Å². The number of hydrogen-bond donors (Lipinski definition) is 0. The van der Waals surface area contributed by atoms with Crippen LogP contribution in [0.3, 0.4) is 0 Å². The molecule has 1 rings (SSSR count). The fourth-order valence-electron chi connectivity index (χ4n) is 0.977. The molecule has 0 atom stereocenters. The lowest BCUT2D eigenvalue weighted by Gasteiger charge is -1.99. The van der Waals surface area contributed by atoms with E-state index >= 15 is 0 Å². The minimum atomic E-state index is 0.562. The zero-order valence-electron chi connectivity index (χ0n) is 7.08. The highest BCUT2D eigenvalue weighted by Crippen LogP contribution is 2.11. The molecule has 0 fully saturated rings. The molecule has 0 heterocycles. The van der Waals surface area contributed by atoms with Crippen molar-refractivity contribution in [2.45, 2.75) is 6.42 Å². The van der Waals surface area contributed by atoms with Gasteiger partial charge in [-0.25, -0.2) is 6.57 Å². The van der Waals surface area contributed by atoms with E-state index in [0.29, 0.717) is 6.54 Å². The van der Waals surface area contributed by atoms with Crippen molar-refractivity contribution in [2.75, 3.05) is 13.7 Å². The van der Waals surface area contributed by atoms with Crippen LogP contribution < -0.4 is 4.74 Å². The van der Waals surface area contributed by atoms with Crippen LogP contribution in [-0.4, -0.2) is 13.7 Å². The van der Waals surface area contributed by atoms with E-state index in [9.17, 15) is 0 Å². The van der Waals surface area contributed by atoms with Gasteiger partial charge in [0.05, 0.1) is 7.11 Å². The molecule has 0 saturated carbocycles. The van der Waals surface area contributed by atoms with Gasteiger partial charge in [0.2, 0.25) is 6.54 Å². The Bertz CT molecular complexity index is 271. The standard InChI is InChI=1S/C10H11NO/c1-11-8-7-9-3-5-10(12-2)6-4-9/h3-6H,7-8H2,2H3. The molecule has 2 heteroatoms. The number of rotatable bonds is 3. The molecule has 0 aliphatic rings. The number of ether oxygens (including phenoxy) is 1. The van der Waals surface area contributed by atoms with Crippen LogP contribution in [0.1, 0.15) is 5.56 Å². The van der Waals surface area contributed by atoms with E-state index in [4.69, 9.17) is 11.3 Å². The van der Waals surface area contributed by atoms with Gasteiger partial charge in [0.25, 0.3) is 0 Å². The van der Waals surface area contributed by atoms with Crippen LogP contribution in [0.4, 0.5) is 0 Å². The van der Waals surface area contributed by atoms with Crippen LogP contribution in [0.2, 0.25) is 0 Å². The molecule has 0 unspecified atom stereocenters. The molecule has 0 bridgehead atoms. The summed E-state index contributed by atoms with van der Waals surface area (Å²) >= 11 is 0. The van der Waals surface area contributed by atoms with E-state index < -0.39 is 0 Å². The van der Waals surface area contributed by atoms with Gasteiger partial charge in [0.1, 0.15) is 5.75 Å². The highest BCUT2D eigenvalue weighted by molar-refractivity contribution is 5.27. The van der Waals surface area contributed by atoms with Gasteiger partial charge in [-0.2, -0.15) is 0 Å². The van der Waals surface area contributed by atoms with E-state index in [1.54, 1.807) is 7.11 Å². The molecule has 0 saturated heterocycles. The molecule has 0 radical (unpaired) electrons. The van der Waals surface area contributed by atoms with Gasteiger partial charge in [0.15, 0.2) is 0 Å². The van der Waals surface area contributed by atoms with Gasteiger partial charge in [-0.1, -0.05) is 12.1 Å². The van der Waals surface area contributed by atoms with Crippen molar-refractivity contribution in [1.29, 1.82) is 0 Å². The van der Waals surface area contributed by atoms with Gasteiger partial charge >= 0.3 is 0 Å². The van der Waals surface area contributed by atoms with Crippen molar-refractivity contribution < 1.29 is 4.74 Å². The third-order valence-electron chi connectivity index (χ3n) is 1.67. The maximum atomic E-state index is 6.63. The van der Waals surface area contributed by atoms with Crippen LogP contribution in [0, 0.1) is 6.57 Å². The fourth-order valence-corrected chi connectivity index (χ4v) is 0.977. The Morgan fingerprint density at radius 1 is 1.33 bits per heavy atom. The molecule has 12 heavy (non-hydrogen) atoms. The third kappa shape index (κ3) is 2.28. The zero-order chi connectivity index (χ0) is 8.81. The second-order valence-corrected chi connectivity index (χ2v) is 2.48. The average molecular weight is 161 g/mol. The van der Waals surface area contributed by atoms with Crippen molar-refractivity contribution >= 4 is 0 Å². The Morgan fingerprint density at radius 3 is 2.50 bits per heavy atom. The summed E-state index contributed by atoms with van der Waals surface area (Å²) < 4.78 is 5.01. The number of hydrogen-bond acceptors (Lipinski definition) is 1. The van der Waals surface area contributed by atoms with Crippen molar-refractivity contribution in [2.24, 2.45) is 0 Å². The van der Waals surface area contributed by atoms with E-state index in [0.717, 1.165) is 12.2 Å². The number of methoxy groups -OCH3 is 1. The molecular weight excluding hydrogens is 150 g/mol. The van der Waals surface area contributed by atoms with Crippen LogP contribution in [0.15, 0.2) is 24.3 Å². The zero-order valence-corrected chi connectivity index (χ0v) is 7.08. The summed E-state index contributed by atoms with van der Waals surface area (Å²) in [6.07, 6.45) is 0.827. The third-order valence-corrected chi connectivity index (χ3v) is 1.67. The van der Waals surface area contributed by atoms with E-state index in [-0.39, 0.29) is 0 Å². The Labute approximate surface area is 72.6 Å². The highest BCUT2D eigenvalue weighted by atomic mass is 16.5. The molecule has 0 aliphatic heterocycles. The van der Waals surface area contributed by atoms with Crippen molar-refractivity contribution in [3.63, 3.8) is 0 Å². The first-order valence-corrected chi connectivity index (χ1v) is 3.83. The summed E-state index contributed by atoms with van der Waals surface area (Å²) in [5.74, 6) is 0.863. The lowest BCUT2D eigenvalue weighted by Crippen LogP contribution is -1.88. The fraction of sp³-hybridized carbons (Fsp3) is 0.300. The normalized spacial score (nSPS) is 9.00. The first-order valence-electron chi connectivity index (χ1n) is 3.83. The summed E-state index contributed by atoms with van der Waals surface area (Å²) in [6, 6.07) is 7.81.